The highest BCUT2D eigenvalue weighted by atomic mass is 32.2. The molecule has 2 aliphatic carbocycles. The van der Waals surface area contributed by atoms with Gasteiger partial charge in [-0.3, -0.25) is 9.59 Å². The molecule has 0 saturated heterocycles. The van der Waals surface area contributed by atoms with Crippen LogP contribution in [0, 0.1) is 0 Å². The third-order valence-corrected chi connectivity index (χ3v) is 12.6. The number of nitrogens with zero attached hydrogens (tertiary/aromatic N) is 1. The highest BCUT2D eigenvalue weighted by Crippen LogP contribution is 2.39. The van der Waals surface area contributed by atoms with Crippen LogP contribution in [-0.2, 0) is 23.9 Å². The third kappa shape index (κ3) is 7.92. The predicted molar refractivity (Wildman–Crippen MR) is 202 cm³/mol. The van der Waals surface area contributed by atoms with Gasteiger partial charge in [-0.05, 0) is 79.2 Å². The van der Waals surface area contributed by atoms with Gasteiger partial charge in [-0.25, -0.2) is 14.6 Å². The first-order valence-corrected chi connectivity index (χ1v) is 20.3. The molecule has 0 bridgehead atoms. The number of hydrogen-bond acceptors (Lipinski definition) is 10. The number of thioether (sulfide) groups is 1. The second kappa shape index (κ2) is 16.1. The van der Waals surface area contributed by atoms with E-state index in [2.05, 4.69) is 33.8 Å². The highest BCUT2D eigenvalue weighted by molar-refractivity contribution is 7.98. The van der Waals surface area contributed by atoms with Crippen molar-refractivity contribution in [2.24, 2.45) is 4.99 Å². The third-order valence-electron chi connectivity index (χ3n) is 9.75. The van der Waals surface area contributed by atoms with Crippen molar-refractivity contribution in [2.75, 3.05) is 19.1 Å². The summed E-state index contributed by atoms with van der Waals surface area (Å²) >= 11 is 4.66. The number of benzene rings is 2. The largest absolute Gasteiger partial charge is 0.467 e. The van der Waals surface area contributed by atoms with Crippen molar-refractivity contribution in [3.63, 3.8) is 0 Å². The van der Waals surface area contributed by atoms with Crippen molar-refractivity contribution in [1.29, 1.82) is 0 Å². The number of amides is 2. The first-order chi connectivity index (χ1) is 24.3. The maximum Gasteiger partial charge on any atom is 0.340 e. The Labute approximate surface area is 304 Å². The van der Waals surface area contributed by atoms with Gasteiger partial charge in [0.15, 0.2) is 5.54 Å². The molecule has 2 fully saturated rings. The summed E-state index contributed by atoms with van der Waals surface area (Å²) in [6.07, 6.45) is 11.3. The number of carbonyl (C=O) groups excluding carboxylic acids is 4. The number of thiophene rings is 2. The van der Waals surface area contributed by atoms with Gasteiger partial charge in [0, 0.05) is 9.40 Å². The molecule has 1 spiro atoms. The van der Waals surface area contributed by atoms with Crippen molar-refractivity contribution in [2.45, 2.75) is 87.7 Å². The van der Waals surface area contributed by atoms with Crippen molar-refractivity contribution < 1.29 is 28.7 Å². The molecule has 50 heavy (non-hydrogen) atoms. The normalized spacial score (nSPS) is 18.4. The maximum absolute atomic E-state index is 13.3. The molecule has 2 aromatic carbocycles. The van der Waals surface area contributed by atoms with Crippen LogP contribution in [0.15, 0.2) is 65.7 Å². The summed E-state index contributed by atoms with van der Waals surface area (Å²) in [7, 11) is 1.32. The summed E-state index contributed by atoms with van der Waals surface area (Å²) < 4.78 is 12.6. The Morgan fingerprint density at radius 1 is 0.900 bits per heavy atom. The average Bonchev–Trinajstić information content (AvgIpc) is 3.86. The lowest BCUT2D eigenvalue weighted by atomic mass is 9.80. The maximum atomic E-state index is 13.3. The van der Waals surface area contributed by atoms with E-state index in [1.807, 2.05) is 48.7 Å². The van der Waals surface area contributed by atoms with Crippen molar-refractivity contribution in [3.8, 4) is 0 Å². The Hall–Kier alpha value is -3.74. The zero-order valence-corrected chi connectivity index (χ0v) is 30.9. The molecular weight excluding hydrogens is 691 g/mol. The fourth-order valence-corrected chi connectivity index (χ4v) is 9.37. The van der Waals surface area contributed by atoms with E-state index in [-0.39, 0.29) is 17.8 Å². The minimum Gasteiger partial charge on any atom is -0.467 e. The SMILES string of the molecule is COC(=O)[C@H](CCSC)NC(=O)C1(NC(=O)c2cc3ccccc3s2)CCCCC1.O=C1OC(c2cc3ccccc3s2)=NC12CCCCC2. The topological polar surface area (TPSA) is 123 Å². The average molecular weight is 734 g/mol. The summed E-state index contributed by atoms with van der Waals surface area (Å²) in [6, 6.07) is 19.2. The molecule has 1 aliphatic heterocycles. The Balaban J connectivity index is 0.000000186. The molecule has 3 heterocycles. The van der Waals surface area contributed by atoms with Gasteiger partial charge < -0.3 is 20.1 Å². The Bertz CT molecular complexity index is 1820. The Kier molecular flexibility index (Phi) is 11.6. The molecule has 0 radical (unpaired) electrons. The summed E-state index contributed by atoms with van der Waals surface area (Å²) in [5.41, 5.74) is -1.58. The van der Waals surface area contributed by atoms with E-state index in [1.165, 1.54) is 35.0 Å². The molecule has 2 N–H and O–H groups in total. The van der Waals surface area contributed by atoms with Crippen LogP contribution in [0.3, 0.4) is 0 Å². The molecule has 7 rings (SSSR count). The molecule has 12 heteroatoms. The molecule has 2 aromatic heterocycles. The van der Waals surface area contributed by atoms with E-state index in [0.29, 0.717) is 30.0 Å². The van der Waals surface area contributed by atoms with Crippen molar-refractivity contribution >= 4 is 84.3 Å². The van der Waals surface area contributed by atoms with Gasteiger partial charge in [0.1, 0.15) is 11.6 Å². The van der Waals surface area contributed by atoms with E-state index in [4.69, 9.17) is 9.47 Å². The lowest BCUT2D eigenvalue weighted by Gasteiger charge is -2.37. The summed E-state index contributed by atoms with van der Waals surface area (Å²) in [5, 5.41) is 8.08. The summed E-state index contributed by atoms with van der Waals surface area (Å²) in [6.45, 7) is 0. The Morgan fingerprint density at radius 2 is 1.52 bits per heavy atom. The van der Waals surface area contributed by atoms with Crippen LogP contribution in [0.1, 0.15) is 85.2 Å². The van der Waals surface area contributed by atoms with Gasteiger partial charge >= 0.3 is 11.9 Å². The number of cyclic esters (lactones) is 1. The molecule has 2 amide bonds. The standard InChI is InChI=1S/C22H28N2O4S2.C16H15NO2S/c1-28-20(26)16(10-13-29-2)23-21(27)22(11-6-3-7-12-22)24-19(25)18-14-15-8-4-5-9-17(15)30-18;18-15-16(8-4-1-5-9-16)17-14(19-15)13-10-11-6-2-3-7-12(11)20-13/h4-5,8-9,14,16H,3,6-7,10-13H2,1-2H3,(H,23,27)(H,24,25);2-3,6-7,10H,1,4-5,8-9H2/t16-;/m0./s1. The first kappa shape index (κ1) is 36.1. The van der Waals surface area contributed by atoms with E-state index in [9.17, 15) is 19.2 Å². The van der Waals surface area contributed by atoms with Crippen LogP contribution in [-0.4, -0.2) is 65.9 Å². The van der Waals surface area contributed by atoms with Gasteiger partial charge in [0.2, 0.25) is 11.8 Å². The number of methoxy groups -OCH3 is 1. The molecular formula is C38H43N3O6S3. The lowest BCUT2D eigenvalue weighted by molar-refractivity contribution is -0.146. The number of nitrogens with one attached hydrogen (secondary N) is 2. The van der Waals surface area contributed by atoms with Crippen LogP contribution in [0.4, 0.5) is 0 Å². The van der Waals surface area contributed by atoms with Crippen LogP contribution in [0.25, 0.3) is 20.2 Å². The molecule has 264 valence electrons. The van der Waals surface area contributed by atoms with Crippen LogP contribution in [0.2, 0.25) is 0 Å². The van der Waals surface area contributed by atoms with E-state index in [1.54, 1.807) is 23.1 Å². The predicted octanol–water partition coefficient (Wildman–Crippen LogP) is 7.65. The lowest BCUT2D eigenvalue weighted by Crippen LogP contribution is -2.62. The van der Waals surface area contributed by atoms with E-state index >= 15 is 0 Å². The van der Waals surface area contributed by atoms with Crippen LogP contribution in [0.5, 0.6) is 0 Å². The fourth-order valence-electron chi connectivity index (χ4n) is 6.95. The van der Waals surface area contributed by atoms with Crippen molar-refractivity contribution in [3.05, 3.63) is 70.4 Å². The van der Waals surface area contributed by atoms with Gasteiger partial charge in [0.25, 0.3) is 5.91 Å². The molecule has 2 saturated carbocycles. The van der Waals surface area contributed by atoms with Crippen LogP contribution >= 0.6 is 34.4 Å². The molecule has 1 atom stereocenters. The second-order valence-corrected chi connectivity index (χ2v) is 16.3. The smallest absolute Gasteiger partial charge is 0.340 e. The number of hydrogen-bond donors (Lipinski definition) is 2. The molecule has 3 aliphatic rings. The summed E-state index contributed by atoms with van der Waals surface area (Å²) in [5.74, 6) is 0.100. The molecule has 0 unspecified atom stereocenters. The number of ether oxygens (including phenoxy) is 2. The van der Waals surface area contributed by atoms with Gasteiger partial charge in [-0.15, -0.1) is 22.7 Å². The summed E-state index contributed by atoms with van der Waals surface area (Å²) in [4.78, 5) is 57.0. The van der Waals surface area contributed by atoms with Crippen LogP contribution < -0.4 is 10.6 Å². The minimum atomic E-state index is -1.00. The zero-order valence-electron chi connectivity index (χ0n) is 28.5. The Morgan fingerprint density at radius 3 is 2.14 bits per heavy atom. The quantitative estimate of drug-likeness (QED) is 0.170. The van der Waals surface area contributed by atoms with Gasteiger partial charge in [0.05, 0.1) is 16.9 Å². The van der Waals surface area contributed by atoms with Crippen molar-refractivity contribution in [1.82, 2.24) is 10.6 Å². The first-order valence-electron chi connectivity index (χ1n) is 17.3. The number of fused-ring (bicyclic) bond motifs is 2. The van der Waals surface area contributed by atoms with Gasteiger partial charge in [-0.2, -0.15) is 11.8 Å². The highest BCUT2D eigenvalue weighted by Gasteiger charge is 2.47. The second-order valence-electron chi connectivity index (χ2n) is 13.1. The fraction of sp³-hybridized carbons (Fsp3) is 0.447. The van der Waals surface area contributed by atoms with Gasteiger partial charge in [-0.1, -0.05) is 74.9 Å². The van der Waals surface area contributed by atoms with E-state index < -0.39 is 23.1 Å². The monoisotopic (exact) mass is 733 g/mol. The number of carbonyl (C=O) groups is 4. The zero-order chi connectivity index (χ0) is 35.1. The minimum absolute atomic E-state index is 0.148. The number of rotatable bonds is 9. The molecule has 4 aromatic rings. The van der Waals surface area contributed by atoms with E-state index in [0.717, 1.165) is 65.7 Å². The number of esters is 2. The molecule has 9 nitrogen and oxygen atoms in total. The number of aliphatic imine (C=N–C) groups is 1.